The molecule has 0 heterocycles. The molecule has 0 aromatic heterocycles. The minimum absolute atomic E-state index is 0.271. The molecule has 108 valence electrons. The molecule has 0 amide bonds. The van der Waals surface area contributed by atoms with Crippen LogP contribution in [0.1, 0.15) is 20.7 Å². The number of esters is 1. The smallest absolute Gasteiger partial charge is 0.338 e. The summed E-state index contributed by atoms with van der Waals surface area (Å²) in [4.78, 5) is 23.6. The van der Waals surface area contributed by atoms with Crippen LogP contribution in [-0.2, 0) is 4.74 Å². The highest BCUT2D eigenvalue weighted by atomic mass is 35.5. The molecule has 0 radical (unpaired) electrons. The van der Waals surface area contributed by atoms with Gasteiger partial charge in [-0.15, -0.1) is 0 Å². The van der Waals surface area contributed by atoms with Crippen LogP contribution in [0.3, 0.4) is 0 Å². The lowest BCUT2D eigenvalue weighted by Gasteiger charge is -2.05. The SMILES string of the molecule is Nc1ccc(C(=O)OCC(=O)c2ccc(Cl)c(Cl)c2)cc1. The molecule has 0 bridgehead atoms. The molecule has 2 aromatic rings. The summed E-state index contributed by atoms with van der Waals surface area (Å²) in [5.74, 6) is -0.958. The third-order valence-corrected chi connectivity index (χ3v) is 3.46. The first kappa shape index (κ1) is 15.4. The number of rotatable bonds is 4. The van der Waals surface area contributed by atoms with E-state index in [1.807, 2.05) is 0 Å². The van der Waals surface area contributed by atoms with Crippen molar-refractivity contribution in [2.24, 2.45) is 0 Å². The molecule has 2 N–H and O–H groups in total. The molecule has 4 nitrogen and oxygen atoms in total. The molecule has 0 fully saturated rings. The number of nitrogens with two attached hydrogens (primary N) is 1. The number of ether oxygens (including phenoxy) is 1. The van der Waals surface area contributed by atoms with Crippen molar-refractivity contribution in [3.8, 4) is 0 Å². The van der Waals surface area contributed by atoms with E-state index in [0.717, 1.165) is 0 Å². The van der Waals surface area contributed by atoms with Crippen LogP contribution in [0.4, 0.5) is 5.69 Å². The Kier molecular flexibility index (Phi) is 4.83. The molecule has 0 aliphatic heterocycles. The van der Waals surface area contributed by atoms with E-state index in [1.165, 1.54) is 30.3 Å². The third kappa shape index (κ3) is 3.97. The number of halogens is 2. The number of ketones is 1. The second-order valence-corrected chi connectivity index (χ2v) is 5.06. The van der Waals surface area contributed by atoms with Gasteiger partial charge in [-0.25, -0.2) is 4.79 Å². The quantitative estimate of drug-likeness (QED) is 0.530. The van der Waals surface area contributed by atoms with Gasteiger partial charge in [0.15, 0.2) is 12.4 Å². The van der Waals surface area contributed by atoms with Crippen LogP contribution in [-0.4, -0.2) is 18.4 Å². The molecule has 0 unspecified atom stereocenters. The van der Waals surface area contributed by atoms with E-state index in [-0.39, 0.29) is 17.4 Å². The van der Waals surface area contributed by atoms with E-state index >= 15 is 0 Å². The molecule has 0 saturated heterocycles. The van der Waals surface area contributed by atoms with Crippen LogP contribution < -0.4 is 5.73 Å². The fourth-order valence-electron chi connectivity index (χ4n) is 1.59. The van der Waals surface area contributed by atoms with Gasteiger partial charge in [0.1, 0.15) is 0 Å². The van der Waals surface area contributed by atoms with Crippen molar-refractivity contribution < 1.29 is 14.3 Å². The van der Waals surface area contributed by atoms with Gasteiger partial charge >= 0.3 is 5.97 Å². The average molecular weight is 324 g/mol. The van der Waals surface area contributed by atoms with E-state index in [4.69, 9.17) is 33.7 Å². The molecule has 21 heavy (non-hydrogen) atoms. The molecular weight excluding hydrogens is 313 g/mol. The Morgan fingerprint density at radius 2 is 1.57 bits per heavy atom. The highest BCUT2D eigenvalue weighted by Gasteiger charge is 2.12. The Morgan fingerprint density at radius 1 is 0.952 bits per heavy atom. The summed E-state index contributed by atoms with van der Waals surface area (Å²) in [5, 5.41) is 0.625. The number of anilines is 1. The Hall–Kier alpha value is -2.04. The zero-order valence-corrected chi connectivity index (χ0v) is 12.3. The van der Waals surface area contributed by atoms with E-state index in [9.17, 15) is 9.59 Å². The number of hydrogen-bond acceptors (Lipinski definition) is 4. The van der Waals surface area contributed by atoms with Crippen LogP contribution >= 0.6 is 23.2 Å². The fraction of sp³-hybridized carbons (Fsp3) is 0.0667. The number of hydrogen-bond donors (Lipinski definition) is 1. The van der Waals surface area contributed by atoms with Crippen LogP contribution in [0.15, 0.2) is 42.5 Å². The average Bonchev–Trinajstić information content (AvgIpc) is 2.48. The largest absolute Gasteiger partial charge is 0.454 e. The second kappa shape index (κ2) is 6.61. The minimum Gasteiger partial charge on any atom is -0.454 e. The summed E-state index contributed by atoms with van der Waals surface area (Å²) in [6.45, 7) is -0.374. The van der Waals surface area contributed by atoms with Gasteiger partial charge < -0.3 is 10.5 Å². The van der Waals surface area contributed by atoms with Crippen LogP contribution in [0.2, 0.25) is 10.0 Å². The van der Waals surface area contributed by atoms with Crippen molar-refractivity contribution in [2.45, 2.75) is 0 Å². The van der Waals surface area contributed by atoms with Crippen molar-refractivity contribution in [2.75, 3.05) is 12.3 Å². The summed E-state index contributed by atoms with van der Waals surface area (Å²) in [6, 6.07) is 10.7. The lowest BCUT2D eigenvalue weighted by atomic mass is 10.1. The van der Waals surface area contributed by atoms with E-state index in [1.54, 1.807) is 12.1 Å². The standard InChI is InChI=1S/C15H11Cl2NO3/c16-12-6-3-10(7-13(12)17)14(19)8-21-15(20)9-1-4-11(18)5-2-9/h1-7H,8,18H2. The molecule has 2 aromatic carbocycles. The van der Waals surface area contributed by atoms with Crippen LogP contribution in [0.25, 0.3) is 0 Å². The molecule has 0 atom stereocenters. The maximum absolute atomic E-state index is 11.9. The number of nitrogen functional groups attached to an aromatic ring is 1. The topological polar surface area (TPSA) is 69.4 Å². The zero-order valence-electron chi connectivity index (χ0n) is 10.8. The number of Topliss-reactive ketones (excluding diaryl/α,β-unsaturated/α-hetero) is 1. The number of benzene rings is 2. The van der Waals surface area contributed by atoms with Gasteiger partial charge in [-0.1, -0.05) is 23.2 Å². The zero-order chi connectivity index (χ0) is 15.4. The highest BCUT2D eigenvalue weighted by molar-refractivity contribution is 6.42. The fourth-order valence-corrected chi connectivity index (χ4v) is 1.88. The first-order valence-electron chi connectivity index (χ1n) is 5.98. The minimum atomic E-state index is -0.594. The van der Waals surface area contributed by atoms with E-state index < -0.39 is 5.97 Å². The Labute approximate surface area is 131 Å². The van der Waals surface area contributed by atoms with Gasteiger partial charge in [0.2, 0.25) is 0 Å². The third-order valence-electron chi connectivity index (χ3n) is 2.72. The molecule has 0 aliphatic rings. The molecule has 0 saturated carbocycles. The Bertz CT molecular complexity index is 684. The predicted octanol–water partition coefficient (Wildman–Crippen LogP) is 3.62. The summed E-state index contributed by atoms with van der Waals surface area (Å²) in [5.41, 5.74) is 6.72. The normalized spacial score (nSPS) is 10.2. The first-order valence-corrected chi connectivity index (χ1v) is 6.74. The molecule has 0 spiro atoms. The van der Waals surface area contributed by atoms with Gasteiger partial charge in [0.05, 0.1) is 15.6 Å². The lowest BCUT2D eigenvalue weighted by Crippen LogP contribution is -2.14. The molecular formula is C15H11Cl2NO3. The van der Waals surface area contributed by atoms with E-state index in [2.05, 4.69) is 0 Å². The molecule has 2 rings (SSSR count). The Morgan fingerprint density at radius 3 is 2.19 bits per heavy atom. The van der Waals surface area contributed by atoms with Crippen molar-refractivity contribution >= 4 is 40.6 Å². The van der Waals surface area contributed by atoms with Crippen molar-refractivity contribution in [1.82, 2.24) is 0 Å². The summed E-state index contributed by atoms with van der Waals surface area (Å²) < 4.78 is 4.95. The number of carbonyl (C=O) groups is 2. The summed E-state index contributed by atoms with van der Waals surface area (Å²) in [7, 11) is 0. The maximum atomic E-state index is 11.9. The maximum Gasteiger partial charge on any atom is 0.338 e. The number of carbonyl (C=O) groups excluding carboxylic acids is 2. The highest BCUT2D eigenvalue weighted by Crippen LogP contribution is 2.22. The van der Waals surface area contributed by atoms with Gasteiger partial charge in [-0.3, -0.25) is 4.79 Å². The lowest BCUT2D eigenvalue weighted by molar-refractivity contribution is 0.0475. The van der Waals surface area contributed by atoms with Gasteiger partial charge in [0, 0.05) is 11.3 Å². The van der Waals surface area contributed by atoms with Crippen LogP contribution in [0, 0.1) is 0 Å². The molecule has 6 heteroatoms. The monoisotopic (exact) mass is 323 g/mol. The van der Waals surface area contributed by atoms with E-state index in [0.29, 0.717) is 21.8 Å². The van der Waals surface area contributed by atoms with Crippen molar-refractivity contribution in [3.63, 3.8) is 0 Å². The van der Waals surface area contributed by atoms with Gasteiger partial charge in [-0.05, 0) is 42.5 Å². The summed E-state index contributed by atoms with van der Waals surface area (Å²) >= 11 is 11.6. The van der Waals surface area contributed by atoms with Gasteiger partial charge in [-0.2, -0.15) is 0 Å². The van der Waals surface area contributed by atoms with Crippen LogP contribution in [0.5, 0.6) is 0 Å². The molecule has 0 aliphatic carbocycles. The first-order chi connectivity index (χ1) is 9.97. The second-order valence-electron chi connectivity index (χ2n) is 4.25. The summed E-state index contributed by atoms with van der Waals surface area (Å²) in [6.07, 6.45) is 0. The Balaban J connectivity index is 1.98. The predicted molar refractivity (Wildman–Crippen MR) is 81.9 cm³/mol. The van der Waals surface area contributed by atoms with Crippen molar-refractivity contribution in [3.05, 3.63) is 63.6 Å². The van der Waals surface area contributed by atoms with Gasteiger partial charge in [0.25, 0.3) is 0 Å². The van der Waals surface area contributed by atoms with Crippen molar-refractivity contribution in [1.29, 1.82) is 0 Å².